The van der Waals surface area contributed by atoms with Crippen LogP contribution in [0.3, 0.4) is 0 Å². The van der Waals surface area contributed by atoms with E-state index in [0.717, 1.165) is 37.3 Å². The van der Waals surface area contributed by atoms with Crippen LogP contribution in [0.25, 0.3) is 0 Å². The Balaban J connectivity index is 0.872. The Bertz CT molecular complexity index is 1190. The molecule has 198 valence electrons. The first kappa shape index (κ1) is 23.2. The Morgan fingerprint density at radius 2 is 1.78 bits per heavy atom. The van der Waals surface area contributed by atoms with E-state index in [2.05, 4.69) is 15.1 Å². The number of alkyl halides is 3. The molecule has 0 aromatic carbocycles. The standard InChI is InChI=1S/C25H30F3N7O2/c26-25(27,28)24(37)5-6-32(14-24)20-4-3-17(9-29-20)18-10-33(11-18)22(36)34-12-23(13-34)7-19(8-23)35-15-30-21(31-35)16-1-2-16/h3-4,9,15-16,18-19,37H,1-2,5-8,10-14H2/t24-/m1/s1. The van der Waals surface area contributed by atoms with Crippen molar-refractivity contribution in [1.29, 1.82) is 0 Å². The van der Waals surface area contributed by atoms with E-state index in [9.17, 15) is 23.1 Å². The van der Waals surface area contributed by atoms with E-state index in [-0.39, 0.29) is 30.3 Å². The zero-order valence-corrected chi connectivity index (χ0v) is 20.4. The van der Waals surface area contributed by atoms with Crippen molar-refractivity contribution in [2.45, 2.75) is 61.8 Å². The van der Waals surface area contributed by atoms with Gasteiger partial charge >= 0.3 is 12.2 Å². The topological polar surface area (TPSA) is 90.6 Å². The predicted molar refractivity (Wildman–Crippen MR) is 126 cm³/mol. The summed E-state index contributed by atoms with van der Waals surface area (Å²) in [7, 11) is 0. The maximum atomic E-state index is 13.1. The fraction of sp³-hybridized carbons (Fsp3) is 0.680. The molecule has 2 amide bonds. The van der Waals surface area contributed by atoms with E-state index in [0.29, 0.717) is 30.9 Å². The molecule has 2 aliphatic carbocycles. The van der Waals surface area contributed by atoms with Gasteiger partial charge in [0.25, 0.3) is 0 Å². The SMILES string of the molecule is O=C(N1CC(c2ccc(N3CC[C@](O)(C(F)(F)F)C3)nc2)C1)N1CC2(CC(n3cnc(C4CC4)n3)C2)C1. The Morgan fingerprint density at radius 1 is 1.03 bits per heavy atom. The molecular weight excluding hydrogens is 487 g/mol. The highest BCUT2D eigenvalue weighted by Gasteiger charge is 2.58. The van der Waals surface area contributed by atoms with Crippen LogP contribution in [0.15, 0.2) is 24.7 Å². The van der Waals surface area contributed by atoms with Crippen LogP contribution in [0.2, 0.25) is 0 Å². The predicted octanol–water partition coefficient (Wildman–Crippen LogP) is 2.91. The van der Waals surface area contributed by atoms with Crippen LogP contribution in [-0.2, 0) is 0 Å². The smallest absolute Gasteiger partial charge is 0.379 e. The lowest BCUT2D eigenvalue weighted by Crippen LogP contribution is -2.67. The van der Waals surface area contributed by atoms with Gasteiger partial charge in [0, 0.05) is 62.6 Å². The third kappa shape index (κ3) is 3.86. The number of amides is 2. The molecule has 7 rings (SSSR count). The highest BCUT2D eigenvalue weighted by molar-refractivity contribution is 5.77. The van der Waals surface area contributed by atoms with Crippen LogP contribution >= 0.6 is 0 Å². The van der Waals surface area contributed by atoms with Crippen molar-refractivity contribution in [3.8, 4) is 0 Å². The fourth-order valence-corrected chi connectivity index (χ4v) is 6.37. The number of hydrogen-bond donors (Lipinski definition) is 1. The van der Waals surface area contributed by atoms with Crippen molar-refractivity contribution in [1.82, 2.24) is 29.5 Å². The lowest BCUT2D eigenvalue weighted by atomic mass is 9.61. The molecule has 3 saturated heterocycles. The Hall–Kier alpha value is -2.89. The van der Waals surface area contributed by atoms with Gasteiger partial charge in [-0.25, -0.2) is 19.4 Å². The Morgan fingerprint density at radius 3 is 2.41 bits per heavy atom. The van der Waals surface area contributed by atoms with Gasteiger partial charge in [-0.15, -0.1) is 0 Å². The number of likely N-dealkylation sites (tertiary alicyclic amines) is 2. The molecule has 3 aliphatic heterocycles. The molecule has 1 spiro atoms. The number of urea groups is 1. The van der Waals surface area contributed by atoms with Gasteiger partial charge in [0.05, 0.1) is 12.6 Å². The van der Waals surface area contributed by atoms with Crippen LogP contribution in [0.4, 0.5) is 23.8 Å². The molecule has 37 heavy (non-hydrogen) atoms. The molecule has 0 radical (unpaired) electrons. The maximum Gasteiger partial charge on any atom is 0.418 e. The van der Waals surface area contributed by atoms with Crippen molar-refractivity contribution in [3.63, 3.8) is 0 Å². The highest BCUT2D eigenvalue weighted by Crippen LogP contribution is 2.54. The lowest BCUT2D eigenvalue weighted by molar-refractivity contribution is -0.250. The van der Waals surface area contributed by atoms with Crippen LogP contribution in [0, 0.1) is 5.41 Å². The molecule has 0 bridgehead atoms. The normalized spacial score (nSPS) is 27.8. The zero-order valence-electron chi connectivity index (χ0n) is 20.4. The van der Waals surface area contributed by atoms with Gasteiger partial charge < -0.3 is 19.8 Å². The number of nitrogens with zero attached hydrogens (tertiary/aromatic N) is 7. The molecule has 5 fully saturated rings. The minimum atomic E-state index is -4.66. The third-order valence-electron chi connectivity index (χ3n) is 9.00. The summed E-state index contributed by atoms with van der Waals surface area (Å²) >= 11 is 0. The average molecular weight is 518 g/mol. The summed E-state index contributed by atoms with van der Waals surface area (Å²) in [6, 6.07) is 4.04. The minimum Gasteiger partial charge on any atom is -0.379 e. The average Bonchev–Trinajstić information content (AvgIpc) is 3.36. The monoisotopic (exact) mass is 517 g/mol. The van der Waals surface area contributed by atoms with E-state index in [4.69, 9.17) is 0 Å². The van der Waals surface area contributed by atoms with Gasteiger partial charge in [-0.3, -0.25) is 0 Å². The molecule has 1 atom stereocenters. The summed E-state index contributed by atoms with van der Waals surface area (Å²) in [6.07, 6.45) is 3.01. The van der Waals surface area contributed by atoms with E-state index in [1.54, 1.807) is 12.3 Å². The number of anilines is 1. The van der Waals surface area contributed by atoms with Crippen molar-refractivity contribution in [2.24, 2.45) is 5.41 Å². The van der Waals surface area contributed by atoms with E-state index < -0.39 is 18.3 Å². The molecular formula is C25H30F3N7O2. The second kappa shape index (κ2) is 7.81. The number of pyridine rings is 1. The number of carbonyl (C=O) groups is 1. The largest absolute Gasteiger partial charge is 0.418 e. The highest BCUT2D eigenvalue weighted by atomic mass is 19.4. The van der Waals surface area contributed by atoms with Crippen LogP contribution in [-0.4, -0.2) is 91.7 Å². The first-order valence-corrected chi connectivity index (χ1v) is 13.1. The number of hydrogen-bond acceptors (Lipinski definition) is 6. The number of aliphatic hydroxyl groups is 1. The third-order valence-corrected chi connectivity index (χ3v) is 9.00. The number of carbonyl (C=O) groups excluding carboxylic acids is 1. The minimum absolute atomic E-state index is 0.0789. The summed E-state index contributed by atoms with van der Waals surface area (Å²) in [5.41, 5.74) is -1.49. The summed E-state index contributed by atoms with van der Waals surface area (Å²) in [4.78, 5) is 27.0. The first-order chi connectivity index (χ1) is 17.6. The van der Waals surface area contributed by atoms with Crippen molar-refractivity contribution in [2.75, 3.05) is 44.2 Å². The number of halogens is 3. The molecule has 2 aromatic rings. The van der Waals surface area contributed by atoms with E-state index >= 15 is 0 Å². The molecule has 2 saturated carbocycles. The maximum absolute atomic E-state index is 13.1. The first-order valence-electron chi connectivity index (χ1n) is 13.1. The summed E-state index contributed by atoms with van der Waals surface area (Å²) in [6.45, 7) is 2.42. The zero-order chi connectivity index (χ0) is 25.6. The molecule has 12 heteroatoms. The molecule has 9 nitrogen and oxygen atoms in total. The summed E-state index contributed by atoms with van der Waals surface area (Å²) in [5.74, 6) is 2.14. The van der Waals surface area contributed by atoms with Gasteiger partial charge in [-0.05, 0) is 37.3 Å². The van der Waals surface area contributed by atoms with Crippen LogP contribution in [0.1, 0.15) is 61.4 Å². The van der Waals surface area contributed by atoms with Crippen molar-refractivity contribution in [3.05, 3.63) is 36.0 Å². The van der Waals surface area contributed by atoms with Gasteiger partial charge in [0.1, 0.15) is 12.1 Å². The molecule has 0 unspecified atom stereocenters. The van der Waals surface area contributed by atoms with Gasteiger partial charge in [-0.1, -0.05) is 6.07 Å². The van der Waals surface area contributed by atoms with Gasteiger partial charge in [-0.2, -0.15) is 18.3 Å². The van der Waals surface area contributed by atoms with E-state index in [1.165, 1.54) is 17.7 Å². The quantitative estimate of drug-likeness (QED) is 0.671. The number of β-amino-alcohol motifs (C(OH)–C–C–N with tert-alkyl or cyclic N) is 1. The van der Waals surface area contributed by atoms with Crippen LogP contribution in [0.5, 0.6) is 0 Å². The van der Waals surface area contributed by atoms with E-state index in [1.807, 2.05) is 26.9 Å². The van der Waals surface area contributed by atoms with Gasteiger partial charge in [0.2, 0.25) is 0 Å². The summed E-state index contributed by atoms with van der Waals surface area (Å²) < 4.78 is 41.3. The number of rotatable bonds is 4. The van der Waals surface area contributed by atoms with Gasteiger partial charge in [0.15, 0.2) is 11.4 Å². The second-order valence-corrected chi connectivity index (χ2v) is 11.8. The van der Waals surface area contributed by atoms with Crippen molar-refractivity contribution >= 4 is 11.8 Å². The Labute approximate surface area is 212 Å². The molecule has 1 N–H and O–H groups in total. The fourth-order valence-electron chi connectivity index (χ4n) is 6.37. The Kier molecular flexibility index (Phi) is 4.91. The second-order valence-electron chi connectivity index (χ2n) is 11.8. The molecule has 5 aliphatic rings. The molecule has 5 heterocycles. The van der Waals surface area contributed by atoms with Crippen LogP contribution < -0.4 is 4.90 Å². The lowest BCUT2D eigenvalue weighted by Gasteiger charge is -2.60. The summed E-state index contributed by atoms with van der Waals surface area (Å²) in [5, 5.41) is 14.6. The molecule has 2 aromatic heterocycles. The number of aromatic nitrogens is 4. The van der Waals surface area contributed by atoms with Crippen molar-refractivity contribution < 1.29 is 23.1 Å².